The predicted octanol–water partition coefficient (Wildman–Crippen LogP) is 5.29. The molecule has 3 N–H and O–H groups in total. The van der Waals surface area contributed by atoms with E-state index in [-0.39, 0.29) is 35.6 Å². The number of oxazole rings is 1. The molecule has 2 aliphatic carbocycles. The van der Waals surface area contributed by atoms with Gasteiger partial charge in [-0.2, -0.15) is 0 Å². The number of benzene rings is 2. The Morgan fingerprint density at radius 3 is 2.73 bits per heavy atom. The number of H-pyrrole nitrogens is 1. The van der Waals surface area contributed by atoms with Crippen molar-refractivity contribution in [3.8, 4) is 0 Å². The maximum absolute atomic E-state index is 13.0. The summed E-state index contributed by atoms with van der Waals surface area (Å²) in [6.45, 7) is 1.90. The first-order valence-corrected chi connectivity index (χ1v) is 13.2. The third kappa shape index (κ3) is 4.49. The standard InChI is InChI=1S/C27H23ClN4O4S/c1-13-19(10-11-21-23(13)36-27(35)32-21)30-24(33)14-2-9-20-22(12-14)37-26(31-20)18-8-7-17(18)25(34)29-16-5-3-15(28)4-6-16/h2-6,9-13,17-19H,7-8H2,1H3,(H,29,34)(H,30,33)(H,32,35). The van der Waals surface area contributed by atoms with Gasteiger partial charge in [0.05, 0.1) is 27.0 Å². The zero-order valence-electron chi connectivity index (χ0n) is 19.8. The SMILES string of the molecule is CC1c2oc(=O)[nH]c2C=CC1NC(=O)c1ccc2nc(C3CCC3C(=O)Nc3ccc(Cl)cc3)sc2c1. The minimum Gasteiger partial charge on any atom is -0.412 e. The first-order valence-electron chi connectivity index (χ1n) is 12.0. The highest BCUT2D eigenvalue weighted by atomic mass is 35.5. The molecule has 0 saturated heterocycles. The van der Waals surface area contributed by atoms with Crippen LogP contribution in [-0.2, 0) is 4.79 Å². The van der Waals surface area contributed by atoms with Crippen molar-refractivity contribution >= 4 is 56.7 Å². The fraction of sp³-hybridized carbons (Fsp3) is 0.259. The first kappa shape index (κ1) is 23.7. The molecule has 8 nitrogen and oxygen atoms in total. The predicted molar refractivity (Wildman–Crippen MR) is 143 cm³/mol. The summed E-state index contributed by atoms with van der Waals surface area (Å²) in [5.74, 6) is -0.474. The van der Waals surface area contributed by atoms with Crippen LogP contribution in [0.25, 0.3) is 16.3 Å². The molecule has 2 amide bonds. The Balaban J connectivity index is 1.15. The van der Waals surface area contributed by atoms with Crippen LogP contribution in [0.4, 0.5) is 5.69 Å². The maximum atomic E-state index is 13.0. The lowest BCUT2D eigenvalue weighted by Crippen LogP contribution is -2.38. The van der Waals surface area contributed by atoms with Gasteiger partial charge in [0.1, 0.15) is 5.76 Å². The molecule has 1 saturated carbocycles. The minimum atomic E-state index is -0.504. The van der Waals surface area contributed by atoms with Crippen LogP contribution in [0.15, 0.2) is 57.8 Å². The average molecular weight is 535 g/mol. The van der Waals surface area contributed by atoms with Crippen LogP contribution >= 0.6 is 22.9 Å². The van der Waals surface area contributed by atoms with Crippen LogP contribution < -0.4 is 16.4 Å². The zero-order chi connectivity index (χ0) is 25.7. The Labute approximate surface area is 220 Å². The fourth-order valence-corrected chi connectivity index (χ4v) is 6.20. The highest BCUT2D eigenvalue weighted by Gasteiger charge is 2.39. The summed E-state index contributed by atoms with van der Waals surface area (Å²) in [5.41, 5.74) is 2.69. The number of carbonyl (C=O) groups is 2. The molecule has 1 fully saturated rings. The molecular formula is C27H23ClN4O4S. The van der Waals surface area contributed by atoms with Gasteiger partial charge in [0, 0.05) is 34.0 Å². The van der Waals surface area contributed by atoms with Gasteiger partial charge in [-0.15, -0.1) is 11.3 Å². The fourth-order valence-electron chi connectivity index (χ4n) is 4.87. The van der Waals surface area contributed by atoms with Gasteiger partial charge in [-0.1, -0.05) is 24.6 Å². The van der Waals surface area contributed by atoms with Crippen LogP contribution in [0.3, 0.4) is 0 Å². The number of amides is 2. The van der Waals surface area contributed by atoms with E-state index in [9.17, 15) is 14.4 Å². The molecular weight excluding hydrogens is 512 g/mol. The molecule has 2 heterocycles. The number of aromatic nitrogens is 2. The monoisotopic (exact) mass is 534 g/mol. The number of thiazole rings is 1. The second kappa shape index (κ2) is 9.32. The molecule has 37 heavy (non-hydrogen) atoms. The van der Waals surface area contributed by atoms with Crippen LogP contribution in [0.1, 0.15) is 58.4 Å². The molecule has 2 aromatic carbocycles. The highest BCUT2D eigenvalue weighted by molar-refractivity contribution is 7.18. The van der Waals surface area contributed by atoms with Crippen molar-refractivity contribution in [2.24, 2.45) is 5.92 Å². The van der Waals surface area contributed by atoms with Gasteiger partial charge < -0.3 is 15.1 Å². The number of nitrogens with zero attached hydrogens (tertiary/aromatic N) is 1. The van der Waals surface area contributed by atoms with Crippen molar-refractivity contribution in [1.82, 2.24) is 15.3 Å². The van der Waals surface area contributed by atoms with E-state index in [1.54, 1.807) is 36.4 Å². The summed E-state index contributed by atoms with van der Waals surface area (Å²) in [7, 11) is 0. The van der Waals surface area contributed by atoms with Crippen molar-refractivity contribution < 1.29 is 14.0 Å². The van der Waals surface area contributed by atoms with Gasteiger partial charge in [0.25, 0.3) is 5.91 Å². The lowest BCUT2D eigenvalue weighted by Gasteiger charge is -2.33. The summed E-state index contributed by atoms with van der Waals surface area (Å²) in [5, 5.41) is 7.53. The maximum Gasteiger partial charge on any atom is 0.416 e. The quantitative estimate of drug-likeness (QED) is 0.321. The molecule has 188 valence electrons. The smallest absolute Gasteiger partial charge is 0.412 e. The first-order chi connectivity index (χ1) is 17.9. The Bertz CT molecular complexity index is 1600. The lowest BCUT2D eigenvalue weighted by molar-refractivity contribution is -0.123. The largest absolute Gasteiger partial charge is 0.416 e. The highest BCUT2D eigenvalue weighted by Crippen LogP contribution is 2.45. The summed E-state index contributed by atoms with van der Waals surface area (Å²) in [4.78, 5) is 44.8. The summed E-state index contributed by atoms with van der Waals surface area (Å²) in [6, 6.07) is 12.2. The average Bonchev–Trinajstić information content (AvgIpc) is 3.44. The topological polar surface area (TPSA) is 117 Å². The molecule has 6 rings (SSSR count). The minimum absolute atomic E-state index is 0.0195. The normalized spacial score (nSPS) is 22.3. The van der Waals surface area contributed by atoms with E-state index < -0.39 is 5.76 Å². The summed E-state index contributed by atoms with van der Waals surface area (Å²) >= 11 is 7.46. The van der Waals surface area contributed by atoms with Crippen molar-refractivity contribution in [2.75, 3.05) is 5.32 Å². The number of hydrogen-bond donors (Lipinski definition) is 3. The van der Waals surface area contributed by atoms with E-state index in [0.29, 0.717) is 22.0 Å². The third-order valence-electron chi connectivity index (χ3n) is 7.13. The summed E-state index contributed by atoms with van der Waals surface area (Å²) < 4.78 is 6.14. The Hall–Kier alpha value is -3.69. The van der Waals surface area contributed by atoms with E-state index in [1.807, 2.05) is 25.1 Å². The van der Waals surface area contributed by atoms with Gasteiger partial charge in [-0.25, -0.2) is 9.78 Å². The van der Waals surface area contributed by atoms with Crippen LogP contribution in [0.2, 0.25) is 5.02 Å². The van der Waals surface area contributed by atoms with Crippen LogP contribution in [0, 0.1) is 5.92 Å². The van der Waals surface area contributed by atoms with Crippen LogP contribution in [-0.4, -0.2) is 27.8 Å². The van der Waals surface area contributed by atoms with Gasteiger partial charge in [-0.05, 0) is 61.4 Å². The number of fused-ring (bicyclic) bond motifs is 2. The molecule has 0 spiro atoms. The number of aromatic amines is 1. The van der Waals surface area contributed by atoms with Gasteiger partial charge in [0.2, 0.25) is 5.91 Å². The van der Waals surface area contributed by atoms with Gasteiger partial charge in [-0.3, -0.25) is 14.6 Å². The number of anilines is 1. The number of rotatable bonds is 5. The number of hydrogen-bond acceptors (Lipinski definition) is 6. The summed E-state index contributed by atoms with van der Waals surface area (Å²) in [6.07, 6.45) is 5.31. The molecule has 0 aliphatic heterocycles. The van der Waals surface area contributed by atoms with Gasteiger partial charge in [0.15, 0.2) is 0 Å². The van der Waals surface area contributed by atoms with E-state index in [0.717, 1.165) is 33.8 Å². The van der Waals surface area contributed by atoms with Crippen molar-refractivity contribution in [2.45, 2.75) is 37.6 Å². The second-order valence-electron chi connectivity index (χ2n) is 9.46. The molecule has 2 aromatic heterocycles. The van der Waals surface area contributed by atoms with E-state index >= 15 is 0 Å². The van der Waals surface area contributed by atoms with E-state index in [2.05, 4.69) is 15.6 Å². The molecule has 4 atom stereocenters. The Morgan fingerprint density at radius 1 is 1.16 bits per heavy atom. The van der Waals surface area contributed by atoms with E-state index in [1.165, 1.54) is 11.3 Å². The lowest BCUT2D eigenvalue weighted by atomic mass is 9.73. The number of halogens is 1. The number of nitrogens with one attached hydrogen (secondary N) is 3. The second-order valence-corrected chi connectivity index (χ2v) is 11.0. The number of carbonyl (C=O) groups excluding carboxylic acids is 2. The molecule has 10 heteroatoms. The molecule has 0 radical (unpaired) electrons. The van der Waals surface area contributed by atoms with Crippen molar-refractivity contribution in [3.63, 3.8) is 0 Å². The zero-order valence-corrected chi connectivity index (χ0v) is 21.4. The van der Waals surface area contributed by atoms with Crippen molar-refractivity contribution in [3.05, 3.63) is 86.1 Å². The molecule has 2 aliphatic rings. The van der Waals surface area contributed by atoms with E-state index in [4.69, 9.17) is 21.0 Å². The van der Waals surface area contributed by atoms with Crippen LogP contribution in [0.5, 0.6) is 0 Å². The third-order valence-corrected chi connectivity index (χ3v) is 8.53. The van der Waals surface area contributed by atoms with Gasteiger partial charge >= 0.3 is 5.76 Å². The Morgan fingerprint density at radius 2 is 1.97 bits per heavy atom. The molecule has 4 aromatic rings. The molecule has 0 bridgehead atoms. The van der Waals surface area contributed by atoms with Crippen molar-refractivity contribution in [1.29, 1.82) is 0 Å². The molecule has 4 unspecified atom stereocenters. The Kier molecular flexibility index (Phi) is 5.97.